The van der Waals surface area contributed by atoms with Gasteiger partial charge in [-0.05, 0) is 55.0 Å². The summed E-state index contributed by atoms with van der Waals surface area (Å²) in [5.41, 5.74) is 8.41. The average molecular weight is 221 g/mol. The molecule has 1 aromatic carbocycles. The first-order valence-corrected chi connectivity index (χ1v) is 5.75. The molecule has 1 aliphatic carbocycles. The molecule has 0 bridgehead atoms. The van der Waals surface area contributed by atoms with Crippen LogP contribution in [0.5, 0.6) is 11.5 Å². The van der Waals surface area contributed by atoms with Crippen LogP contribution in [0, 0.1) is 0 Å². The van der Waals surface area contributed by atoms with Crippen molar-refractivity contribution in [3.63, 3.8) is 0 Å². The van der Waals surface area contributed by atoms with Gasteiger partial charge in [0.15, 0.2) is 11.5 Å². The van der Waals surface area contributed by atoms with Crippen LogP contribution < -0.4 is 15.2 Å². The molecule has 1 aliphatic rings. The quantitative estimate of drug-likeness (QED) is 0.846. The highest BCUT2D eigenvalue weighted by Crippen LogP contribution is 2.41. The van der Waals surface area contributed by atoms with Gasteiger partial charge in [-0.15, -0.1) is 0 Å². The van der Waals surface area contributed by atoms with E-state index in [4.69, 9.17) is 15.2 Å². The van der Waals surface area contributed by atoms with E-state index in [1.165, 1.54) is 17.5 Å². The Morgan fingerprint density at radius 2 is 1.94 bits per heavy atom. The third kappa shape index (κ3) is 1.87. The monoisotopic (exact) mass is 221 g/mol. The van der Waals surface area contributed by atoms with E-state index in [0.717, 1.165) is 30.9 Å². The molecule has 0 radical (unpaired) electrons. The molecular weight excluding hydrogens is 202 g/mol. The minimum atomic E-state index is 0.597. The summed E-state index contributed by atoms with van der Waals surface area (Å²) in [6, 6.07) is 4.21. The molecule has 0 amide bonds. The topological polar surface area (TPSA) is 44.5 Å². The molecular formula is C13H19NO2. The number of fused-ring (bicyclic) bond motifs is 1. The normalized spacial score (nSPS) is 18.3. The molecule has 1 aromatic rings. The van der Waals surface area contributed by atoms with Crippen molar-refractivity contribution in [2.75, 3.05) is 20.8 Å². The van der Waals surface area contributed by atoms with E-state index >= 15 is 0 Å². The lowest BCUT2D eigenvalue weighted by Crippen LogP contribution is -2.05. The lowest BCUT2D eigenvalue weighted by atomic mass is 9.97. The van der Waals surface area contributed by atoms with E-state index in [1.54, 1.807) is 14.2 Å². The minimum Gasteiger partial charge on any atom is -0.493 e. The zero-order chi connectivity index (χ0) is 11.5. The highest BCUT2D eigenvalue weighted by Gasteiger charge is 2.24. The van der Waals surface area contributed by atoms with E-state index in [1.807, 2.05) is 0 Å². The van der Waals surface area contributed by atoms with Crippen LogP contribution in [-0.4, -0.2) is 20.8 Å². The molecule has 3 nitrogen and oxygen atoms in total. The Hall–Kier alpha value is -1.22. The van der Waals surface area contributed by atoms with E-state index in [0.29, 0.717) is 5.92 Å². The van der Waals surface area contributed by atoms with Crippen molar-refractivity contribution in [2.45, 2.75) is 25.2 Å². The molecule has 0 aromatic heterocycles. The molecule has 0 aliphatic heterocycles. The van der Waals surface area contributed by atoms with E-state index in [2.05, 4.69) is 12.1 Å². The Bertz CT molecular complexity index is 376. The van der Waals surface area contributed by atoms with Crippen molar-refractivity contribution >= 4 is 0 Å². The van der Waals surface area contributed by atoms with Gasteiger partial charge in [0.2, 0.25) is 0 Å². The van der Waals surface area contributed by atoms with Crippen molar-refractivity contribution in [1.82, 2.24) is 0 Å². The standard InChI is InChI=1S/C13H19NO2/c1-15-12-7-10-4-3-9(5-6-14)11(10)8-13(12)16-2/h7-9H,3-6,14H2,1-2H3/t9-/m1/s1. The van der Waals surface area contributed by atoms with Gasteiger partial charge in [-0.1, -0.05) is 0 Å². The van der Waals surface area contributed by atoms with Crippen molar-refractivity contribution in [3.05, 3.63) is 23.3 Å². The maximum atomic E-state index is 5.64. The van der Waals surface area contributed by atoms with Crippen molar-refractivity contribution < 1.29 is 9.47 Å². The molecule has 2 N–H and O–H groups in total. The second-order valence-corrected chi connectivity index (χ2v) is 4.22. The third-order valence-corrected chi connectivity index (χ3v) is 3.36. The molecule has 2 rings (SSSR count). The molecule has 0 fully saturated rings. The van der Waals surface area contributed by atoms with Crippen LogP contribution in [-0.2, 0) is 6.42 Å². The van der Waals surface area contributed by atoms with E-state index in [-0.39, 0.29) is 0 Å². The van der Waals surface area contributed by atoms with Gasteiger partial charge in [-0.3, -0.25) is 0 Å². The first-order chi connectivity index (χ1) is 7.80. The number of nitrogens with two attached hydrogens (primary N) is 1. The summed E-state index contributed by atoms with van der Waals surface area (Å²) < 4.78 is 10.6. The number of ether oxygens (including phenoxy) is 2. The molecule has 3 heteroatoms. The van der Waals surface area contributed by atoms with Crippen LogP contribution in [0.3, 0.4) is 0 Å². The van der Waals surface area contributed by atoms with Gasteiger partial charge in [-0.2, -0.15) is 0 Å². The van der Waals surface area contributed by atoms with Crippen LogP contribution in [0.2, 0.25) is 0 Å². The number of rotatable bonds is 4. The van der Waals surface area contributed by atoms with Gasteiger partial charge < -0.3 is 15.2 Å². The van der Waals surface area contributed by atoms with Gasteiger partial charge in [0.25, 0.3) is 0 Å². The second-order valence-electron chi connectivity index (χ2n) is 4.22. The summed E-state index contributed by atoms with van der Waals surface area (Å²) in [5, 5.41) is 0. The summed E-state index contributed by atoms with van der Waals surface area (Å²) in [4.78, 5) is 0. The van der Waals surface area contributed by atoms with Gasteiger partial charge in [-0.25, -0.2) is 0 Å². The number of methoxy groups -OCH3 is 2. The van der Waals surface area contributed by atoms with E-state index < -0.39 is 0 Å². The first-order valence-electron chi connectivity index (χ1n) is 5.75. The van der Waals surface area contributed by atoms with Gasteiger partial charge in [0, 0.05) is 0 Å². The lowest BCUT2D eigenvalue weighted by Gasteiger charge is -2.13. The first kappa shape index (κ1) is 11.3. The summed E-state index contributed by atoms with van der Waals surface area (Å²) in [5.74, 6) is 2.25. The fourth-order valence-corrected chi connectivity index (χ4v) is 2.52. The van der Waals surface area contributed by atoms with Gasteiger partial charge >= 0.3 is 0 Å². The van der Waals surface area contributed by atoms with Gasteiger partial charge in [0.1, 0.15) is 0 Å². The highest BCUT2D eigenvalue weighted by molar-refractivity contribution is 5.50. The molecule has 16 heavy (non-hydrogen) atoms. The van der Waals surface area contributed by atoms with Gasteiger partial charge in [0.05, 0.1) is 14.2 Å². The molecule has 0 saturated carbocycles. The Morgan fingerprint density at radius 1 is 1.25 bits per heavy atom. The maximum Gasteiger partial charge on any atom is 0.161 e. The van der Waals surface area contributed by atoms with Crippen molar-refractivity contribution in [1.29, 1.82) is 0 Å². The summed E-state index contributed by atoms with van der Waals surface area (Å²) in [7, 11) is 3.35. The Labute approximate surface area is 96.5 Å². The molecule has 0 spiro atoms. The Balaban J connectivity index is 2.36. The fraction of sp³-hybridized carbons (Fsp3) is 0.538. The number of hydrogen-bond acceptors (Lipinski definition) is 3. The van der Waals surface area contributed by atoms with E-state index in [9.17, 15) is 0 Å². The number of benzene rings is 1. The summed E-state index contributed by atoms with van der Waals surface area (Å²) in [6.07, 6.45) is 3.38. The van der Waals surface area contributed by atoms with Crippen molar-refractivity contribution in [3.8, 4) is 11.5 Å². The Kier molecular flexibility index (Phi) is 3.34. The molecule has 88 valence electrons. The van der Waals surface area contributed by atoms with Crippen LogP contribution in [0.15, 0.2) is 12.1 Å². The SMILES string of the molecule is COc1cc2c(cc1OC)[C@@H](CCN)CC2. The zero-order valence-corrected chi connectivity index (χ0v) is 9.95. The van der Waals surface area contributed by atoms with Crippen molar-refractivity contribution in [2.24, 2.45) is 5.73 Å². The van der Waals surface area contributed by atoms with Crippen LogP contribution in [0.1, 0.15) is 29.9 Å². The fourth-order valence-electron chi connectivity index (χ4n) is 2.52. The summed E-state index contributed by atoms with van der Waals surface area (Å²) in [6.45, 7) is 0.748. The Morgan fingerprint density at radius 3 is 2.56 bits per heavy atom. The predicted molar refractivity (Wildman–Crippen MR) is 64.3 cm³/mol. The van der Waals surface area contributed by atoms with Crippen LogP contribution >= 0.6 is 0 Å². The maximum absolute atomic E-state index is 5.64. The predicted octanol–water partition coefficient (Wildman–Crippen LogP) is 2.08. The van der Waals surface area contributed by atoms with Crippen LogP contribution in [0.4, 0.5) is 0 Å². The average Bonchev–Trinajstić information content (AvgIpc) is 2.70. The number of hydrogen-bond donors (Lipinski definition) is 1. The molecule has 1 atom stereocenters. The second kappa shape index (κ2) is 4.74. The number of aryl methyl sites for hydroxylation is 1. The van der Waals surface area contributed by atoms with Crippen LogP contribution in [0.25, 0.3) is 0 Å². The smallest absolute Gasteiger partial charge is 0.161 e. The lowest BCUT2D eigenvalue weighted by molar-refractivity contribution is 0.354. The minimum absolute atomic E-state index is 0.597. The largest absolute Gasteiger partial charge is 0.493 e. The molecule has 0 heterocycles. The summed E-state index contributed by atoms with van der Waals surface area (Å²) >= 11 is 0. The zero-order valence-electron chi connectivity index (χ0n) is 9.95. The highest BCUT2D eigenvalue weighted by atomic mass is 16.5. The molecule has 0 unspecified atom stereocenters. The molecule has 0 saturated heterocycles. The third-order valence-electron chi connectivity index (χ3n) is 3.36.